The summed E-state index contributed by atoms with van der Waals surface area (Å²) in [5.41, 5.74) is -0.000147. The van der Waals surface area contributed by atoms with Gasteiger partial charge in [0.15, 0.2) is 6.61 Å². The van der Waals surface area contributed by atoms with Crippen LogP contribution in [0.15, 0.2) is 23.1 Å². The molecule has 2 aliphatic rings. The van der Waals surface area contributed by atoms with E-state index in [1.807, 2.05) is 0 Å². The van der Waals surface area contributed by atoms with E-state index >= 15 is 0 Å². The standard InChI is InChI=1S/C21H30N2O6S/c1-28-19-10-9-17(30(26,27)23-13-7-2-3-8-14-23)15-18(19)21(25)29-16-20(24)22-11-5-4-6-12-22/h9-10,15H,2-8,11-14,16H2,1H3. The van der Waals surface area contributed by atoms with E-state index in [1.165, 1.54) is 29.6 Å². The maximum absolute atomic E-state index is 13.1. The molecule has 2 saturated heterocycles. The lowest BCUT2D eigenvalue weighted by Gasteiger charge is -2.26. The van der Waals surface area contributed by atoms with Gasteiger partial charge in [-0.15, -0.1) is 0 Å². The van der Waals surface area contributed by atoms with E-state index in [-0.39, 0.29) is 28.7 Å². The predicted octanol–water partition coefficient (Wildman–Crippen LogP) is 2.43. The Labute approximate surface area is 178 Å². The van der Waals surface area contributed by atoms with Gasteiger partial charge >= 0.3 is 5.97 Å². The quantitative estimate of drug-likeness (QED) is 0.634. The van der Waals surface area contributed by atoms with Gasteiger partial charge in [0.2, 0.25) is 10.0 Å². The summed E-state index contributed by atoms with van der Waals surface area (Å²) in [6, 6.07) is 4.18. The number of sulfonamides is 1. The molecular formula is C21H30N2O6S. The SMILES string of the molecule is COc1ccc(S(=O)(=O)N2CCCCCC2)cc1C(=O)OCC(=O)N1CCCCC1. The van der Waals surface area contributed by atoms with Crippen molar-refractivity contribution in [1.29, 1.82) is 0 Å². The number of likely N-dealkylation sites (tertiary alicyclic amines) is 1. The molecule has 166 valence electrons. The van der Waals surface area contributed by atoms with Gasteiger partial charge < -0.3 is 14.4 Å². The van der Waals surface area contributed by atoms with Crippen molar-refractivity contribution in [1.82, 2.24) is 9.21 Å². The minimum absolute atomic E-state index is 0.000147. The van der Waals surface area contributed by atoms with Crippen LogP contribution in [0.5, 0.6) is 5.75 Å². The normalized spacial score (nSPS) is 18.5. The summed E-state index contributed by atoms with van der Waals surface area (Å²) < 4.78 is 38.0. The molecule has 0 aromatic heterocycles. The Morgan fingerprint density at radius 2 is 1.53 bits per heavy atom. The first-order chi connectivity index (χ1) is 14.4. The van der Waals surface area contributed by atoms with Crippen molar-refractivity contribution in [3.8, 4) is 5.75 Å². The minimum Gasteiger partial charge on any atom is -0.496 e. The molecule has 8 nitrogen and oxygen atoms in total. The second-order valence-electron chi connectivity index (χ2n) is 7.70. The average Bonchev–Trinajstić information content (AvgIpc) is 3.07. The Balaban J connectivity index is 1.74. The molecule has 0 N–H and O–H groups in total. The van der Waals surface area contributed by atoms with Gasteiger partial charge in [-0.1, -0.05) is 12.8 Å². The summed E-state index contributed by atoms with van der Waals surface area (Å²) >= 11 is 0. The number of amides is 1. The number of hydrogen-bond donors (Lipinski definition) is 0. The molecule has 0 unspecified atom stereocenters. The summed E-state index contributed by atoms with van der Waals surface area (Å²) in [6.07, 6.45) is 6.66. The van der Waals surface area contributed by atoms with Crippen molar-refractivity contribution < 1.29 is 27.5 Å². The molecule has 2 fully saturated rings. The molecule has 1 aromatic rings. The van der Waals surface area contributed by atoms with Crippen LogP contribution in [0.1, 0.15) is 55.3 Å². The molecule has 1 aromatic carbocycles. The molecule has 30 heavy (non-hydrogen) atoms. The molecule has 9 heteroatoms. The van der Waals surface area contributed by atoms with Gasteiger partial charge in [-0.05, 0) is 50.3 Å². The number of esters is 1. The van der Waals surface area contributed by atoms with Crippen molar-refractivity contribution in [3.63, 3.8) is 0 Å². The van der Waals surface area contributed by atoms with Crippen LogP contribution in [0.3, 0.4) is 0 Å². The van der Waals surface area contributed by atoms with Crippen LogP contribution in [-0.2, 0) is 19.6 Å². The number of carbonyl (C=O) groups is 2. The van der Waals surface area contributed by atoms with E-state index in [2.05, 4.69) is 0 Å². The Hall–Kier alpha value is -2.13. The highest BCUT2D eigenvalue weighted by atomic mass is 32.2. The lowest BCUT2D eigenvalue weighted by Crippen LogP contribution is -2.38. The Morgan fingerprint density at radius 3 is 2.17 bits per heavy atom. The smallest absolute Gasteiger partial charge is 0.342 e. The summed E-state index contributed by atoms with van der Waals surface area (Å²) in [5.74, 6) is -0.805. The van der Waals surface area contributed by atoms with Crippen molar-refractivity contribution in [2.24, 2.45) is 0 Å². The monoisotopic (exact) mass is 438 g/mol. The van der Waals surface area contributed by atoms with Crippen molar-refractivity contribution >= 4 is 21.9 Å². The average molecular weight is 439 g/mol. The highest BCUT2D eigenvalue weighted by Crippen LogP contribution is 2.27. The molecule has 0 atom stereocenters. The molecule has 1 amide bonds. The zero-order valence-electron chi connectivity index (χ0n) is 17.5. The van der Waals surface area contributed by atoms with Gasteiger partial charge in [0.25, 0.3) is 5.91 Å². The minimum atomic E-state index is -3.72. The summed E-state index contributed by atoms with van der Waals surface area (Å²) in [5, 5.41) is 0. The van der Waals surface area contributed by atoms with Gasteiger partial charge in [0, 0.05) is 26.2 Å². The van der Waals surface area contributed by atoms with E-state index in [4.69, 9.17) is 9.47 Å². The number of piperidine rings is 1. The number of methoxy groups -OCH3 is 1. The molecular weight excluding hydrogens is 408 g/mol. The van der Waals surface area contributed by atoms with Crippen LogP contribution in [0.25, 0.3) is 0 Å². The zero-order chi connectivity index (χ0) is 21.6. The van der Waals surface area contributed by atoms with E-state index in [0.717, 1.165) is 44.9 Å². The fraction of sp³-hybridized carbons (Fsp3) is 0.619. The number of benzene rings is 1. The number of carbonyl (C=O) groups excluding carboxylic acids is 2. The van der Waals surface area contributed by atoms with Gasteiger partial charge in [-0.2, -0.15) is 4.31 Å². The first-order valence-corrected chi connectivity index (χ1v) is 12.0. The molecule has 2 aliphatic heterocycles. The summed E-state index contributed by atoms with van der Waals surface area (Å²) in [7, 11) is -2.32. The molecule has 2 heterocycles. The third-order valence-corrected chi connectivity index (χ3v) is 7.52. The largest absolute Gasteiger partial charge is 0.496 e. The molecule has 0 saturated carbocycles. The molecule has 0 spiro atoms. The molecule has 0 aliphatic carbocycles. The third-order valence-electron chi connectivity index (χ3n) is 5.63. The van der Waals surface area contributed by atoms with E-state index in [0.29, 0.717) is 26.2 Å². The maximum atomic E-state index is 13.1. The topological polar surface area (TPSA) is 93.2 Å². The summed E-state index contributed by atoms with van der Waals surface area (Å²) in [4.78, 5) is 26.6. The van der Waals surface area contributed by atoms with E-state index in [1.54, 1.807) is 4.90 Å². The van der Waals surface area contributed by atoms with Crippen molar-refractivity contribution in [2.75, 3.05) is 39.9 Å². The number of rotatable bonds is 6. The highest BCUT2D eigenvalue weighted by molar-refractivity contribution is 7.89. The van der Waals surface area contributed by atoms with Crippen molar-refractivity contribution in [3.05, 3.63) is 23.8 Å². The second kappa shape index (κ2) is 10.3. The van der Waals surface area contributed by atoms with Crippen molar-refractivity contribution in [2.45, 2.75) is 49.8 Å². The van der Waals surface area contributed by atoms with Gasteiger partial charge in [0.05, 0.1) is 12.0 Å². The second-order valence-corrected chi connectivity index (χ2v) is 9.64. The molecule has 0 radical (unpaired) electrons. The zero-order valence-corrected chi connectivity index (χ0v) is 18.3. The maximum Gasteiger partial charge on any atom is 0.342 e. The first kappa shape index (κ1) is 22.6. The highest BCUT2D eigenvalue weighted by Gasteiger charge is 2.28. The molecule has 3 rings (SSSR count). The van der Waals surface area contributed by atoms with Crippen LogP contribution in [0, 0.1) is 0 Å². The van der Waals surface area contributed by atoms with Crippen LogP contribution in [-0.4, -0.2) is 69.4 Å². The van der Waals surface area contributed by atoms with Crippen LogP contribution in [0.4, 0.5) is 0 Å². The van der Waals surface area contributed by atoms with Crippen LogP contribution < -0.4 is 4.74 Å². The Morgan fingerprint density at radius 1 is 0.933 bits per heavy atom. The lowest BCUT2D eigenvalue weighted by molar-refractivity contribution is -0.135. The Bertz CT molecular complexity index is 856. The van der Waals surface area contributed by atoms with Gasteiger partial charge in [-0.3, -0.25) is 4.79 Å². The number of hydrogen-bond acceptors (Lipinski definition) is 6. The lowest BCUT2D eigenvalue weighted by atomic mass is 10.1. The van der Waals surface area contributed by atoms with Gasteiger partial charge in [0.1, 0.15) is 11.3 Å². The van der Waals surface area contributed by atoms with Crippen LogP contribution in [0.2, 0.25) is 0 Å². The molecule has 0 bridgehead atoms. The Kier molecular flexibility index (Phi) is 7.71. The predicted molar refractivity (Wildman–Crippen MR) is 111 cm³/mol. The van der Waals surface area contributed by atoms with E-state index in [9.17, 15) is 18.0 Å². The fourth-order valence-electron chi connectivity index (χ4n) is 3.88. The third kappa shape index (κ3) is 5.31. The summed E-state index contributed by atoms with van der Waals surface area (Å²) in [6.45, 7) is 1.91. The number of ether oxygens (including phenoxy) is 2. The number of nitrogens with zero attached hydrogens (tertiary/aromatic N) is 2. The van der Waals surface area contributed by atoms with Crippen LogP contribution >= 0.6 is 0 Å². The van der Waals surface area contributed by atoms with E-state index < -0.39 is 16.0 Å². The van der Waals surface area contributed by atoms with Gasteiger partial charge in [-0.25, -0.2) is 13.2 Å². The fourth-order valence-corrected chi connectivity index (χ4v) is 5.42. The first-order valence-electron chi connectivity index (χ1n) is 10.6.